The lowest BCUT2D eigenvalue weighted by Gasteiger charge is -2.10. The first kappa shape index (κ1) is 13.3. The molecule has 0 nitrogen and oxygen atoms in total. The number of hydrogen-bond donors (Lipinski definition) is 0. The maximum absolute atomic E-state index is 13.1. The van der Waals surface area contributed by atoms with E-state index >= 15 is 0 Å². The van der Waals surface area contributed by atoms with Crippen LogP contribution >= 0.6 is 50.5 Å². The summed E-state index contributed by atoms with van der Waals surface area (Å²) in [5.41, 5.74) is 0.363. The highest BCUT2D eigenvalue weighted by Crippen LogP contribution is 2.39. The summed E-state index contributed by atoms with van der Waals surface area (Å²) in [6.07, 6.45) is 0. The molecule has 90 valence electrons. The summed E-state index contributed by atoms with van der Waals surface area (Å²) >= 11 is 16.8. The Balaban J connectivity index is 2.43. The van der Waals surface area contributed by atoms with Crippen molar-refractivity contribution in [3.05, 3.63) is 55.1 Å². The van der Waals surface area contributed by atoms with E-state index in [1.54, 1.807) is 0 Å². The lowest BCUT2D eigenvalue weighted by molar-refractivity contribution is 0.507. The summed E-state index contributed by atoms with van der Waals surface area (Å²) in [7, 11) is 0. The van der Waals surface area contributed by atoms with E-state index in [-0.39, 0.29) is 5.02 Å². The highest BCUT2D eigenvalue weighted by molar-refractivity contribution is 9.11. The second kappa shape index (κ2) is 5.22. The van der Waals surface area contributed by atoms with Crippen LogP contribution in [0.2, 0.25) is 5.02 Å². The molecule has 0 saturated carbocycles. The predicted molar refractivity (Wildman–Crippen MR) is 71.1 cm³/mol. The number of alkyl halides is 1. The van der Waals surface area contributed by atoms with Crippen LogP contribution in [0.25, 0.3) is 0 Å². The minimum atomic E-state index is -0.977. The number of rotatable bonds is 2. The Morgan fingerprint density at radius 3 is 2.41 bits per heavy atom. The first-order chi connectivity index (χ1) is 7.99. The summed E-state index contributed by atoms with van der Waals surface area (Å²) in [6.45, 7) is 0. The van der Waals surface area contributed by atoms with Gasteiger partial charge in [0.1, 0.15) is 0 Å². The number of thiophene rings is 1. The van der Waals surface area contributed by atoms with E-state index < -0.39 is 17.0 Å². The van der Waals surface area contributed by atoms with E-state index in [0.29, 0.717) is 5.56 Å². The van der Waals surface area contributed by atoms with Crippen molar-refractivity contribution in [3.63, 3.8) is 0 Å². The van der Waals surface area contributed by atoms with Gasteiger partial charge >= 0.3 is 0 Å². The fraction of sp³-hybridized carbons (Fsp3) is 0.0909. The molecule has 17 heavy (non-hydrogen) atoms. The molecule has 6 heteroatoms. The van der Waals surface area contributed by atoms with Crippen molar-refractivity contribution < 1.29 is 8.78 Å². The van der Waals surface area contributed by atoms with Gasteiger partial charge in [0, 0.05) is 9.90 Å². The van der Waals surface area contributed by atoms with Crippen LogP contribution in [0.5, 0.6) is 0 Å². The first-order valence-corrected chi connectivity index (χ1v) is 6.95. The molecule has 0 saturated heterocycles. The topological polar surface area (TPSA) is 0 Å². The Bertz CT molecular complexity index is 556. The van der Waals surface area contributed by atoms with Crippen LogP contribution in [0.4, 0.5) is 8.78 Å². The molecule has 0 fully saturated rings. The highest BCUT2D eigenvalue weighted by Gasteiger charge is 2.18. The number of hydrogen-bond acceptors (Lipinski definition) is 1. The van der Waals surface area contributed by atoms with E-state index in [1.807, 2.05) is 12.1 Å². The molecule has 0 aliphatic rings. The molecule has 1 atom stereocenters. The van der Waals surface area contributed by atoms with Gasteiger partial charge < -0.3 is 0 Å². The number of benzene rings is 1. The fourth-order valence-corrected chi connectivity index (χ4v) is 3.47. The van der Waals surface area contributed by atoms with Crippen LogP contribution in [0, 0.1) is 11.6 Å². The summed E-state index contributed by atoms with van der Waals surface area (Å²) in [4.78, 5) is 0.812. The maximum atomic E-state index is 13.1. The first-order valence-electron chi connectivity index (χ1n) is 4.53. The third kappa shape index (κ3) is 2.81. The van der Waals surface area contributed by atoms with E-state index in [4.69, 9.17) is 23.2 Å². The smallest absolute Gasteiger partial charge is 0.160 e. The second-order valence-electron chi connectivity index (χ2n) is 3.29. The zero-order valence-corrected chi connectivity index (χ0v) is 12.1. The Kier molecular flexibility index (Phi) is 4.08. The van der Waals surface area contributed by atoms with Crippen molar-refractivity contribution in [3.8, 4) is 0 Å². The molecule has 0 N–H and O–H groups in total. The molecule has 1 aromatic carbocycles. The van der Waals surface area contributed by atoms with Crippen molar-refractivity contribution in [2.75, 3.05) is 0 Å². The van der Waals surface area contributed by atoms with Gasteiger partial charge in [0.05, 0.1) is 9.16 Å². The summed E-state index contributed by atoms with van der Waals surface area (Å²) in [6, 6.07) is 5.61. The molecule has 1 heterocycles. The van der Waals surface area contributed by atoms with Crippen molar-refractivity contribution in [1.29, 1.82) is 0 Å². The number of halogens is 5. The van der Waals surface area contributed by atoms with Crippen LogP contribution in [-0.4, -0.2) is 0 Å². The molecule has 0 spiro atoms. The van der Waals surface area contributed by atoms with Gasteiger partial charge in [0.2, 0.25) is 0 Å². The van der Waals surface area contributed by atoms with Gasteiger partial charge in [-0.1, -0.05) is 11.6 Å². The largest absolute Gasteiger partial charge is 0.204 e. The van der Waals surface area contributed by atoms with Crippen LogP contribution in [-0.2, 0) is 0 Å². The molecule has 0 aliphatic carbocycles. The van der Waals surface area contributed by atoms with Gasteiger partial charge in [0.15, 0.2) is 11.6 Å². The average molecular weight is 358 g/mol. The SMILES string of the molecule is Fc1cc(Cl)c(C(Cl)c2ccc(Br)s2)cc1F. The van der Waals surface area contributed by atoms with Crippen LogP contribution in [0.15, 0.2) is 28.1 Å². The zero-order chi connectivity index (χ0) is 12.6. The summed E-state index contributed by atoms with van der Waals surface area (Å²) in [5.74, 6) is -1.93. The van der Waals surface area contributed by atoms with Crippen molar-refractivity contribution >= 4 is 50.5 Å². The third-order valence-corrected chi connectivity index (χ3v) is 4.77. The van der Waals surface area contributed by atoms with Gasteiger partial charge in [-0.05, 0) is 45.8 Å². The van der Waals surface area contributed by atoms with Crippen molar-refractivity contribution in [2.24, 2.45) is 0 Å². The van der Waals surface area contributed by atoms with Gasteiger partial charge in [-0.25, -0.2) is 8.78 Å². The van der Waals surface area contributed by atoms with E-state index in [1.165, 1.54) is 11.3 Å². The van der Waals surface area contributed by atoms with Gasteiger partial charge in [0.25, 0.3) is 0 Å². The Morgan fingerprint density at radius 2 is 1.82 bits per heavy atom. The molecular weight excluding hydrogens is 353 g/mol. The lowest BCUT2D eigenvalue weighted by atomic mass is 10.1. The standard InChI is InChI=1S/C11H5BrCl2F2S/c12-10-2-1-9(17-10)11(14)5-3-7(15)8(16)4-6(5)13/h1-4,11H. The quantitative estimate of drug-likeness (QED) is 0.472. The normalized spacial score (nSPS) is 12.8. The van der Waals surface area contributed by atoms with Crippen molar-refractivity contribution in [1.82, 2.24) is 0 Å². The molecule has 2 rings (SSSR count). The van der Waals surface area contributed by atoms with Crippen LogP contribution in [0.1, 0.15) is 15.8 Å². The molecule has 1 unspecified atom stereocenters. The predicted octanol–water partition coefficient (Wildman–Crippen LogP) is 5.77. The van der Waals surface area contributed by atoms with Gasteiger partial charge in [-0.15, -0.1) is 22.9 Å². The van der Waals surface area contributed by atoms with Crippen LogP contribution in [0.3, 0.4) is 0 Å². The average Bonchev–Trinajstić information content (AvgIpc) is 2.69. The molecule has 0 amide bonds. The Hall–Kier alpha value is -0.160. The molecule has 1 aromatic heterocycles. The maximum Gasteiger partial charge on any atom is 0.160 e. The summed E-state index contributed by atoms with van der Waals surface area (Å²) in [5, 5.41) is -0.470. The Morgan fingerprint density at radius 1 is 1.18 bits per heavy atom. The minimum Gasteiger partial charge on any atom is -0.204 e. The zero-order valence-electron chi connectivity index (χ0n) is 8.18. The van der Waals surface area contributed by atoms with Gasteiger partial charge in [-0.3, -0.25) is 0 Å². The molecule has 0 bridgehead atoms. The van der Waals surface area contributed by atoms with E-state index in [9.17, 15) is 8.78 Å². The van der Waals surface area contributed by atoms with Crippen LogP contribution < -0.4 is 0 Å². The molecule has 2 aromatic rings. The molecular formula is C11H5BrCl2F2S. The highest BCUT2D eigenvalue weighted by atomic mass is 79.9. The van der Waals surface area contributed by atoms with E-state index in [2.05, 4.69) is 15.9 Å². The minimum absolute atomic E-state index is 0.119. The molecule has 0 aliphatic heterocycles. The third-order valence-electron chi connectivity index (χ3n) is 2.16. The Labute approximate surface area is 119 Å². The van der Waals surface area contributed by atoms with Crippen molar-refractivity contribution in [2.45, 2.75) is 5.38 Å². The van der Waals surface area contributed by atoms with E-state index in [0.717, 1.165) is 20.8 Å². The van der Waals surface area contributed by atoms with Gasteiger partial charge in [-0.2, -0.15) is 0 Å². The lowest BCUT2D eigenvalue weighted by Crippen LogP contribution is -1.95. The second-order valence-corrected chi connectivity index (χ2v) is 6.63. The molecule has 0 radical (unpaired) electrons. The monoisotopic (exact) mass is 356 g/mol. The fourth-order valence-electron chi connectivity index (χ4n) is 1.35. The summed E-state index contributed by atoms with van der Waals surface area (Å²) < 4.78 is 27.0.